The molecule has 1 aromatic rings. The van der Waals surface area contributed by atoms with Crippen LogP contribution in [-0.4, -0.2) is 30.7 Å². The third kappa shape index (κ3) is 3.90. The number of ether oxygens (including phenoxy) is 2. The minimum Gasteiger partial charge on any atom is -0.493 e. The SMILES string of the molecule is CCCOc1ccc(CNC(=O)C2CC2C(=O)O)cc1OC. The van der Waals surface area contributed by atoms with E-state index in [4.69, 9.17) is 14.6 Å². The lowest BCUT2D eigenvalue weighted by Crippen LogP contribution is -2.25. The van der Waals surface area contributed by atoms with Gasteiger partial charge in [-0.15, -0.1) is 0 Å². The second kappa shape index (κ2) is 7.15. The van der Waals surface area contributed by atoms with Crippen LogP contribution in [0.4, 0.5) is 0 Å². The van der Waals surface area contributed by atoms with E-state index < -0.39 is 17.8 Å². The van der Waals surface area contributed by atoms with Gasteiger partial charge in [0.05, 0.1) is 25.6 Å². The smallest absolute Gasteiger partial charge is 0.307 e. The predicted octanol–water partition coefficient (Wildman–Crippen LogP) is 1.82. The van der Waals surface area contributed by atoms with Crippen LogP contribution in [0.15, 0.2) is 18.2 Å². The first-order chi connectivity index (χ1) is 10.6. The summed E-state index contributed by atoms with van der Waals surface area (Å²) >= 11 is 0. The van der Waals surface area contributed by atoms with Gasteiger partial charge in [0.25, 0.3) is 0 Å². The number of nitrogens with one attached hydrogen (secondary N) is 1. The zero-order valence-corrected chi connectivity index (χ0v) is 12.8. The Labute approximate surface area is 129 Å². The Kier molecular flexibility index (Phi) is 5.25. The number of benzene rings is 1. The van der Waals surface area contributed by atoms with E-state index in [0.717, 1.165) is 12.0 Å². The summed E-state index contributed by atoms with van der Waals surface area (Å²) in [6, 6.07) is 5.48. The van der Waals surface area contributed by atoms with Crippen molar-refractivity contribution in [3.8, 4) is 11.5 Å². The zero-order chi connectivity index (χ0) is 16.1. The summed E-state index contributed by atoms with van der Waals surface area (Å²) in [6.07, 6.45) is 1.33. The molecule has 1 fully saturated rings. The average Bonchev–Trinajstić information content (AvgIpc) is 3.31. The van der Waals surface area contributed by atoms with Gasteiger partial charge in [0.2, 0.25) is 5.91 Å². The molecule has 0 radical (unpaired) electrons. The van der Waals surface area contributed by atoms with E-state index in [9.17, 15) is 9.59 Å². The minimum absolute atomic E-state index is 0.210. The molecule has 0 aliphatic heterocycles. The molecule has 2 atom stereocenters. The van der Waals surface area contributed by atoms with E-state index in [0.29, 0.717) is 31.1 Å². The molecule has 1 aromatic carbocycles. The number of amides is 1. The van der Waals surface area contributed by atoms with Crippen LogP contribution in [0.5, 0.6) is 11.5 Å². The van der Waals surface area contributed by atoms with Gasteiger partial charge in [-0.3, -0.25) is 9.59 Å². The van der Waals surface area contributed by atoms with Crippen molar-refractivity contribution >= 4 is 11.9 Å². The lowest BCUT2D eigenvalue weighted by molar-refractivity contribution is -0.140. The van der Waals surface area contributed by atoms with Gasteiger partial charge in [0.15, 0.2) is 11.5 Å². The molecular formula is C16H21NO5. The Hall–Kier alpha value is -2.24. The number of carbonyl (C=O) groups is 2. The van der Waals surface area contributed by atoms with Gasteiger partial charge in [-0.05, 0) is 30.5 Å². The lowest BCUT2D eigenvalue weighted by Gasteiger charge is -2.12. The first kappa shape index (κ1) is 16.1. The van der Waals surface area contributed by atoms with Crippen molar-refractivity contribution in [2.75, 3.05) is 13.7 Å². The first-order valence-electron chi connectivity index (χ1n) is 7.37. The Morgan fingerprint density at radius 2 is 2.09 bits per heavy atom. The number of hydrogen-bond donors (Lipinski definition) is 2. The average molecular weight is 307 g/mol. The van der Waals surface area contributed by atoms with Crippen LogP contribution >= 0.6 is 0 Å². The van der Waals surface area contributed by atoms with E-state index in [1.54, 1.807) is 7.11 Å². The normalized spacial score (nSPS) is 19.4. The van der Waals surface area contributed by atoms with Crippen LogP contribution < -0.4 is 14.8 Å². The van der Waals surface area contributed by atoms with E-state index >= 15 is 0 Å². The summed E-state index contributed by atoms with van der Waals surface area (Å²) in [7, 11) is 1.57. The Balaban J connectivity index is 1.90. The minimum atomic E-state index is -0.903. The highest BCUT2D eigenvalue weighted by atomic mass is 16.5. The quantitative estimate of drug-likeness (QED) is 0.765. The lowest BCUT2D eigenvalue weighted by atomic mass is 10.2. The number of carboxylic acids is 1. The van der Waals surface area contributed by atoms with Crippen molar-refractivity contribution in [3.63, 3.8) is 0 Å². The molecule has 0 heterocycles. The van der Waals surface area contributed by atoms with Gasteiger partial charge >= 0.3 is 5.97 Å². The molecule has 2 rings (SSSR count). The highest BCUT2D eigenvalue weighted by Gasteiger charge is 2.48. The molecule has 0 aromatic heterocycles. The fourth-order valence-corrected chi connectivity index (χ4v) is 2.23. The van der Waals surface area contributed by atoms with Crippen molar-refractivity contribution in [1.82, 2.24) is 5.32 Å². The maximum absolute atomic E-state index is 11.8. The third-order valence-corrected chi connectivity index (χ3v) is 3.60. The molecule has 2 N–H and O–H groups in total. The van der Waals surface area contributed by atoms with Crippen LogP contribution in [0.3, 0.4) is 0 Å². The fourth-order valence-electron chi connectivity index (χ4n) is 2.23. The zero-order valence-electron chi connectivity index (χ0n) is 12.8. The summed E-state index contributed by atoms with van der Waals surface area (Å²) in [5.74, 6) is -0.745. The molecule has 6 nitrogen and oxygen atoms in total. The summed E-state index contributed by atoms with van der Waals surface area (Å²) in [5, 5.41) is 11.6. The molecule has 1 aliphatic rings. The number of methoxy groups -OCH3 is 1. The topological polar surface area (TPSA) is 84.9 Å². The van der Waals surface area contributed by atoms with E-state index in [1.165, 1.54) is 0 Å². The Morgan fingerprint density at radius 3 is 2.68 bits per heavy atom. The number of carboxylic acid groups (broad SMARTS) is 1. The Morgan fingerprint density at radius 1 is 1.32 bits per heavy atom. The molecule has 0 spiro atoms. The molecule has 0 saturated heterocycles. The molecule has 1 amide bonds. The maximum Gasteiger partial charge on any atom is 0.307 e. The molecule has 1 saturated carbocycles. The fraction of sp³-hybridized carbons (Fsp3) is 0.500. The van der Waals surface area contributed by atoms with Crippen molar-refractivity contribution in [2.24, 2.45) is 11.8 Å². The van der Waals surface area contributed by atoms with Gasteiger partial charge in [-0.2, -0.15) is 0 Å². The summed E-state index contributed by atoms with van der Waals surface area (Å²) < 4.78 is 10.9. The number of rotatable bonds is 8. The summed E-state index contributed by atoms with van der Waals surface area (Å²) in [5.41, 5.74) is 0.876. The standard InChI is InChI=1S/C16H21NO5/c1-3-6-22-13-5-4-10(7-14(13)21-2)9-17-15(18)11-8-12(11)16(19)20/h4-5,7,11-12H,3,6,8-9H2,1-2H3,(H,17,18)(H,19,20). The highest BCUT2D eigenvalue weighted by Crippen LogP contribution is 2.38. The maximum atomic E-state index is 11.8. The van der Waals surface area contributed by atoms with Gasteiger partial charge in [0, 0.05) is 6.54 Å². The number of carbonyl (C=O) groups excluding carboxylic acids is 1. The second-order valence-corrected chi connectivity index (χ2v) is 5.34. The van der Waals surface area contributed by atoms with Crippen molar-refractivity contribution < 1.29 is 24.2 Å². The van der Waals surface area contributed by atoms with Gasteiger partial charge < -0.3 is 19.9 Å². The van der Waals surface area contributed by atoms with E-state index in [1.807, 2.05) is 25.1 Å². The van der Waals surface area contributed by atoms with Crippen molar-refractivity contribution in [3.05, 3.63) is 23.8 Å². The Bertz CT molecular complexity index is 557. The molecular weight excluding hydrogens is 286 g/mol. The van der Waals surface area contributed by atoms with Crippen molar-refractivity contribution in [2.45, 2.75) is 26.3 Å². The van der Waals surface area contributed by atoms with Gasteiger partial charge in [-0.1, -0.05) is 13.0 Å². The predicted molar refractivity (Wildman–Crippen MR) is 79.9 cm³/mol. The van der Waals surface area contributed by atoms with Crippen LogP contribution in [0.1, 0.15) is 25.3 Å². The highest BCUT2D eigenvalue weighted by molar-refractivity contribution is 5.89. The molecule has 120 valence electrons. The number of aliphatic carboxylic acids is 1. The third-order valence-electron chi connectivity index (χ3n) is 3.60. The molecule has 1 aliphatic carbocycles. The van der Waals surface area contributed by atoms with Crippen LogP contribution in [-0.2, 0) is 16.1 Å². The number of hydrogen-bond acceptors (Lipinski definition) is 4. The van der Waals surface area contributed by atoms with Gasteiger partial charge in [-0.25, -0.2) is 0 Å². The molecule has 6 heteroatoms. The largest absolute Gasteiger partial charge is 0.493 e. The molecule has 22 heavy (non-hydrogen) atoms. The monoisotopic (exact) mass is 307 g/mol. The van der Waals surface area contributed by atoms with Crippen LogP contribution in [0.2, 0.25) is 0 Å². The van der Waals surface area contributed by atoms with Gasteiger partial charge in [0.1, 0.15) is 0 Å². The summed E-state index contributed by atoms with van der Waals surface area (Å²) in [4.78, 5) is 22.6. The second-order valence-electron chi connectivity index (χ2n) is 5.34. The van der Waals surface area contributed by atoms with Crippen LogP contribution in [0, 0.1) is 11.8 Å². The van der Waals surface area contributed by atoms with Crippen molar-refractivity contribution in [1.29, 1.82) is 0 Å². The van der Waals surface area contributed by atoms with Crippen LogP contribution in [0.25, 0.3) is 0 Å². The molecule has 0 bridgehead atoms. The van der Waals surface area contributed by atoms with E-state index in [2.05, 4.69) is 5.32 Å². The van der Waals surface area contributed by atoms with E-state index in [-0.39, 0.29) is 5.91 Å². The summed E-state index contributed by atoms with van der Waals surface area (Å²) in [6.45, 7) is 2.98. The first-order valence-corrected chi connectivity index (χ1v) is 7.37. The molecule has 2 unspecified atom stereocenters.